The number of para-hydroxylation sites is 1. The minimum absolute atomic E-state index is 0.0890. The highest BCUT2D eigenvalue weighted by Gasteiger charge is 2.14. The third kappa shape index (κ3) is 3.03. The van der Waals surface area contributed by atoms with E-state index in [2.05, 4.69) is 5.32 Å². The van der Waals surface area contributed by atoms with Gasteiger partial charge in [0.2, 0.25) is 0 Å². The molecule has 2 aromatic carbocycles. The van der Waals surface area contributed by atoms with Gasteiger partial charge in [0, 0.05) is 16.1 Å². The van der Waals surface area contributed by atoms with Crippen LogP contribution in [-0.2, 0) is 0 Å². The van der Waals surface area contributed by atoms with Crippen molar-refractivity contribution in [3.63, 3.8) is 0 Å². The Labute approximate surface area is 136 Å². The quantitative estimate of drug-likeness (QED) is 0.678. The van der Waals surface area contributed by atoms with Crippen molar-refractivity contribution in [2.24, 2.45) is 0 Å². The minimum Gasteiger partial charge on any atom is -0.321 e. The molecule has 110 valence electrons. The van der Waals surface area contributed by atoms with Gasteiger partial charge in [0.05, 0.1) is 10.6 Å². The number of hydrogen-bond acceptors (Lipinski definition) is 2. The van der Waals surface area contributed by atoms with Gasteiger partial charge in [0.1, 0.15) is 5.82 Å². The molecular formula is C17H11ClFNOS. The summed E-state index contributed by atoms with van der Waals surface area (Å²) in [6.45, 7) is 0. The van der Waals surface area contributed by atoms with Crippen molar-refractivity contribution in [3.05, 3.63) is 76.4 Å². The van der Waals surface area contributed by atoms with Crippen LogP contribution in [0.1, 0.15) is 10.4 Å². The molecule has 3 rings (SSSR count). The highest BCUT2D eigenvalue weighted by atomic mass is 35.5. The summed E-state index contributed by atoms with van der Waals surface area (Å²) in [7, 11) is 0. The molecule has 0 radical (unpaired) electrons. The number of halogens is 2. The van der Waals surface area contributed by atoms with Crippen LogP contribution in [0.15, 0.2) is 60.0 Å². The Morgan fingerprint density at radius 1 is 1.09 bits per heavy atom. The van der Waals surface area contributed by atoms with E-state index < -0.39 is 5.82 Å². The molecule has 0 aliphatic carbocycles. The second-order valence-electron chi connectivity index (χ2n) is 4.60. The van der Waals surface area contributed by atoms with Crippen LogP contribution in [0, 0.1) is 5.82 Å². The third-order valence-electron chi connectivity index (χ3n) is 3.14. The number of carbonyl (C=O) groups is 1. The molecule has 22 heavy (non-hydrogen) atoms. The van der Waals surface area contributed by atoms with Gasteiger partial charge < -0.3 is 5.32 Å². The van der Waals surface area contributed by atoms with Gasteiger partial charge in [0.15, 0.2) is 0 Å². The second-order valence-corrected chi connectivity index (χ2v) is 5.96. The average molecular weight is 332 g/mol. The van der Waals surface area contributed by atoms with Gasteiger partial charge in [-0.2, -0.15) is 0 Å². The van der Waals surface area contributed by atoms with E-state index in [9.17, 15) is 9.18 Å². The van der Waals surface area contributed by atoms with Crippen molar-refractivity contribution in [1.29, 1.82) is 0 Å². The van der Waals surface area contributed by atoms with E-state index in [0.29, 0.717) is 5.69 Å². The first-order valence-electron chi connectivity index (χ1n) is 6.54. The van der Waals surface area contributed by atoms with Crippen LogP contribution in [0.25, 0.3) is 10.4 Å². The molecule has 3 aromatic rings. The van der Waals surface area contributed by atoms with Gasteiger partial charge in [-0.3, -0.25) is 4.79 Å². The summed E-state index contributed by atoms with van der Waals surface area (Å²) in [5.74, 6) is -0.838. The first kappa shape index (κ1) is 14.8. The molecular weight excluding hydrogens is 321 g/mol. The summed E-state index contributed by atoms with van der Waals surface area (Å²) < 4.78 is 13.1. The van der Waals surface area contributed by atoms with Gasteiger partial charge in [-0.15, -0.1) is 11.3 Å². The van der Waals surface area contributed by atoms with Crippen molar-refractivity contribution >= 4 is 34.5 Å². The number of thiophene rings is 1. The highest BCUT2D eigenvalue weighted by Crippen LogP contribution is 2.32. The first-order chi connectivity index (χ1) is 10.6. The molecule has 0 fully saturated rings. The van der Waals surface area contributed by atoms with Crippen molar-refractivity contribution in [2.45, 2.75) is 0 Å². The summed E-state index contributed by atoms with van der Waals surface area (Å²) in [5, 5.41) is 4.90. The SMILES string of the molecule is O=C(Nc1ccccc1-c1cccs1)c1ccc(F)cc1Cl. The molecule has 2 nitrogen and oxygen atoms in total. The fraction of sp³-hybridized carbons (Fsp3) is 0. The van der Waals surface area contributed by atoms with Gasteiger partial charge in [-0.05, 0) is 35.7 Å². The van der Waals surface area contributed by atoms with Crippen LogP contribution >= 0.6 is 22.9 Å². The maximum Gasteiger partial charge on any atom is 0.257 e. The van der Waals surface area contributed by atoms with E-state index >= 15 is 0 Å². The molecule has 1 amide bonds. The molecule has 0 spiro atoms. The molecule has 5 heteroatoms. The highest BCUT2D eigenvalue weighted by molar-refractivity contribution is 7.13. The fourth-order valence-corrected chi connectivity index (χ4v) is 3.12. The average Bonchev–Trinajstić information content (AvgIpc) is 3.01. The zero-order chi connectivity index (χ0) is 15.5. The third-order valence-corrected chi connectivity index (χ3v) is 4.35. The van der Waals surface area contributed by atoms with E-state index in [4.69, 9.17) is 11.6 Å². The van der Waals surface area contributed by atoms with Crippen LogP contribution < -0.4 is 5.32 Å². The van der Waals surface area contributed by atoms with E-state index in [1.807, 2.05) is 41.8 Å². The molecule has 0 aliphatic rings. The minimum atomic E-state index is -0.472. The predicted molar refractivity (Wildman–Crippen MR) is 89.1 cm³/mol. The molecule has 0 aliphatic heterocycles. The summed E-state index contributed by atoms with van der Waals surface area (Å²) in [4.78, 5) is 13.4. The Hall–Kier alpha value is -2.17. The summed E-state index contributed by atoms with van der Waals surface area (Å²) in [6, 6.07) is 15.2. The van der Waals surface area contributed by atoms with Crippen molar-refractivity contribution in [2.75, 3.05) is 5.32 Å². The van der Waals surface area contributed by atoms with Crippen LogP contribution in [0.3, 0.4) is 0 Å². The molecule has 0 bridgehead atoms. The predicted octanol–water partition coefficient (Wildman–Crippen LogP) is 5.46. The molecule has 1 heterocycles. The maximum atomic E-state index is 13.1. The maximum absolute atomic E-state index is 13.1. The van der Waals surface area contributed by atoms with Crippen LogP contribution in [0.4, 0.5) is 10.1 Å². The number of benzene rings is 2. The lowest BCUT2D eigenvalue weighted by Crippen LogP contribution is -2.13. The number of hydrogen-bond donors (Lipinski definition) is 1. The van der Waals surface area contributed by atoms with E-state index in [0.717, 1.165) is 16.5 Å². The van der Waals surface area contributed by atoms with Crippen molar-refractivity contribution in [3.8, 4) is 10.4 Å². The van der Waals surface area contributed by atoms with Crippen LogP contribution in [0.2, 0.25) is 5.02 Å². The fourth-order valence-electron chi connectivity index (χ4n) is 2.10. The molecule has 0 saturated carbocycles. The van der Waals surface area contributed by atoms with Crippen LogP contribution in [-0.4, -0.2) is 5.91 Å². The molecule has 0 atom stereocenters. The Morgan fingerprint density at radius 3 is 2.64 bits per heavy atom. The molecule has 0 saturated heterocycles. The number of carbonyl (C=O) groups excluding carboxylic acids is 1. The van der Waals surface area contributed by atoms with Gasteiger partial charge in [0.25, 0.3) is 5.91 Å². The number of nitrogens with one attached hydrogen (secondary N) is 1. The van der Waals surface area contributed by atoms with E-state index in [1.165, 1.54) is 12.1 Å². The Kier molecular flexibility index (Phi) is 4.22. The topological polar surface area (TPSA) is 29.1 Å². The number of anilines is 1. The van der Waals surface area contributed by atoms with Crippen molar-refractivity contribution in [1.82, 2.24) is 0 Å². The second kappa shape index (κ2) is 6.30. The zero-order valence-corrected chi connectivity index (χ0v) is 12.9. The van der Waals surface area contributed by atoms with Gasteiger partial charge in [-0.25, -0.2) is 4.39 Å². The lowest BCUT2D eigenvalue weighted by atomic mass is 10.1. The monoisotopic (exact) mass is 331 g/mol. The summed E-state index contributed by atoms with van der Waals surface area (Å²) in [6.07, 6.45) is 0. The first-order valence-corrected chi connectivity index (χ1v) is 7.80. The Balaban J connectivity index is 1.92. The van der Waals surface area contributed by atoms with Gasteiger partial charge in [-0.1, -0.05) is 35.9 Å². The van der Waals surface area contributed by atoms with Crippen molar-refractivity contribution < 1.29 is 9.18 Å². The standard InChI is InChI=1S/C17H11ClFNOS/c18-14-10-11(19)7-8-12(14)17(21)20-15-5-2-1-4-13(15)16-6-3-9-22-16/h1-10H,(H,20,21). The molecule has 1 N–H and O–H groups in total. The van der Waals surface area contributed by atoms with Crippen LogP contribution in [0.5, 0.6) is 0 Å². The lowest BCUT2D eigenvalue weighted by molar-refractivity contribution is 0.102. The lowest BCUT2D eigenvalue weighted by Gasteiger charge is -2.10. The molecule has 1 aromatic heterocycles. The molecule has 0 unspecified atom stereocenters. The number of rotatable bonds is 3. The summed E-state index contributed by atoms with van der Waals surface area (Å²) in [5.41, 5.74) is 1.86. The number of amides is 1. The van der Waals surface area contributed by atoms with Gasteiger partial charge >= 0.3 is 0 Å². The largest absolute Gasteiger partial charge is 0.321 e. The van der Waals surface area contributed by atoms with E-state index in [1.54, 1.807) is 11.3 Å². The zero-order valence-electron chi connectivity index (χ0n) is 11.3. The Bertz CT molecular complexity index is 817. The Morgan fingerprint density at radius 2 is 1.91 bits per heavy atom. The normalized spacial score (nSPS) is 10.5. The van der Waals surface area contributed by atoms with E-state index in [-0.39, 0.29) is 16.5 Å². The summed E-state index contributed by atoms with van der Waals surface area (Å²) >= 11 is 7.52. The smallest absolute Gasteiger partial charge is 0.257 e.